The topological polar surface area (TPSA) is 75.5 Å². The standard InChI is InChI=1S/C14H10ClN3O3/c15-9-4-3-7-12(14(9)18(20)21)17-8-13(19)16-10-5-1-2-6-11(10)17/h1-7H,8H2,(H,16,19). The highest BCUT2D eigenvalue weighted by molar-refractivity contribution is 6.33. The number of hydrogen-bond donors (Lipinski definition) is 1. The van der Waals surface area contributed by atoms with E-state index < -0.39 is 4.92 Å². The Labute approximate surface area is 125 Å². The molecule has 1 N–H and O–H groups in total. The van der Waals surface area contributed by atoms with Crippen LogP contribution in [-0.4, -0.2) is 17.4 Å². The van der Waals surface area contributed by atoms with Crippen LogP contribution in [0.4, 0.5) is 22.7 Å². The summed E-state index contributed by atoms with van der Waals surface area (Å²) in [6.45, 7) is -0.00179. The van der Waals surface area contributed by atoms with E-state index in [1.54, 1.807) is 41.3 Å². The predicted octanol–water partition coefficient (Wildman–Crippen LogP) is 3.34. The van der Waals surface area contributed by atoms with Gasteiger partial charge >= 0.3 is 5.69 Å². The highest BCUT2D eigenvalue weighted by atomic mass is 35.5. The molecule has 0 aliphatic carbocycles. The number of carbonyl (C=O) groups excluding carboxylic acids is 1. The average Bonchev–Trinajstić information content (AvgIpc) is 2.45. The number of nitrogens with zero attached hydrogens (tertiary/aromatic N) is 2. The molecule has 0 saturated carbocycles. The zero-order chi connectivity index (χ0) is 15.0. The van der Waals surface area contributed by atoms with Gasteiger partial charge in [0.2, 0.25) is 5.91 Å². The number of nitro groups is 1. The average molecular weight is 304 g/mol. The maximum absolute atomic E-state index is 11.8. The van der Waals surface area contributed by atoms with Crippen molar-refractivity contribution in [2.75, 3.05) is 16.8 Å². The first-order valence-electron chi connectivity index (χ1n) is 6.17. The monoisotopic (exact) mass is 303 g/mol. The SMILES string of the molecule is O=C1CN(c2cccc(Cl)c2[N+](=O)[O-])c2ccccc2N1. The van der Waals surface area contributed by atoms with Crippen molar-refractivity contribution in [1.29, 1.82) is 0 Å². The number of halogens is 1. The van der Waals surface area contributed by atoms with E-state index in [9.17, 15) is 14.9 Å². The number of para-hydroxylation sites is 3. The van der Waals surface area contributed by atoms with E-state index in [0.717, 1.165) is 0 Å². The lowest BCUT2D eigenvalue weighted by molar-refractivity contribution is -0.383. The summed E-state index contributed by atoms with van der Waals surface area (Å²) in [6.07, 6.45) is 0. The summed E-state index contributed by atoms with van der Waals surface area (Å²) >= 11 is 5.94. The zero-order valence-electron chi connectivity index (χ0n) is 10.7. The number of fused-ring (bicyclic) bond motifs is 1. The molecule has 1 aliphatic rings. The molecule has 2 aromatic carbocycles. The molecule has 1 amide bonds. The Balaban J connectivity index is 2.20. The predicted molar refractivity (Wildman–Crippen MR) is 80.2 cm³/mol. The minimum atomic E-state index is -0.535. The van der Waals surface area contributed by atoms with Crippen LogP contribution in [0.3, 0.4) is 0 Å². The van der Waals surface area contributed by atoms with Gasteiger partial charge in [-0.1, -0.05) is 29.8 Å². The van der Waals surface area contributed by atoms with Gasteiger partial charge in [0.1, 0.15) is 17.3 Å². The van der Waals surface area contributed by atoms with Gasteiger partial charge in [0.25, 0.3) is 0 Å². The van der Waals surface area contributed by atoms with Crippen LogP contribution in [0.25, 0.3) is 0 Å². The summed E-state index contributed by atoms with van der Waals surface area (Å²) in [5.41, 5.74) is 1.41. The summed E-state index contributed by atoms with van der Waals surface area (Å²) in [6, 6.07) is 11.8. The Morgan fingerprint density at radius 1 is 1.14 bits per heavy atom. The van der Waals surface area contributed by atoms with Gasteiger partial charge in [-0.25, -0.2) is 0 Å². The van der Waals surface area contributed by atoms with E-state index >= 15 is 0 Å². The molecule has 0 fully saturated rings. The summed E-state index contributed by atoms with van der Waals surface area (Å²) in [5, 5.41) is 14.1. The summed E-state index contributed by atoms with van der Waals surface area (Å²) in [5.74, 6) is -0.233. The zero-order valence-corrected chi connectivity index (χ0v) is 11.5. The van der Waals surface area contributed by atoms with Gasteiger partial charge in [0, 0.05) is 0 Å². The second-order valence-corrected chi connectivity index (χ2v) is 4.92. The maximum Gasteiger partial charge on any atom is 0.311 e. The third-order valence-corrected chi connectivity index (χ3v) is 3.51. The van der Waals surface area contributed by atoms with Crippen LogP contribution in [0, 0.1) is 10.1 Å². The number of benzene rings is 2. The largest absolute Gasteiger partial charge is 0.325 e. The van der Waals surface area contributed by atoms with Gasteiger partial charge in [-0.05, 0) is 24.3 Å². The van der Waals surface area contributed by atoms with E-state index in [2.05, 4.69) is 5.32 Å². The molecule has 0 atom stereocenters. The van der Waals surface area contributed by atoms with Gasteiger partial charge in [-0.3, -0.25) is 14.9 Å². The lowest BCUT2D eigenvalue weighted by Gasteiger charge is -2.30. The second-order valence-electron chi connectivity index (χ2n) is 4.52. The number of amides is 1. The molecule has 1 aliphatic heterocycles. The van der Waals surface area contributed by atoms with E-state index in [0.29, 0.717) is 17.1 Å². The van der Waals surface area contributed by atoms with Crippen molar-refractivity contribution in [3.05, 3.63) is 57.6 Å². The third-order valence-electron chi connectivity index (χ3n) is 3.21. The number of carbonyl (C=O) groups is 1. The van der Waals surface area contributed by atoms with Crippen LogP contribution in [0.5, 0.6) is 0 Å². The van der Waals surface area contributed by atoms with Crippen LogP contribution in [0.2, 0.25) is 5.02 Å². The van der Waals surface area contributed by atoms with Crippen LogP contribution in [0.1, 0.15) is 0 Å². The third kappa shape index (κ3) is 2.30. The number of anilines is 3. The number of hydrogen-bond acceptors (Lipinski definition) is 4. The molecule has 21 heavy (non-hydrogen) atoms. The number of nitrogens with one attached hydrogen (secondary N) is 1. The van der Waals surface area contributed by atoms with Gasteiger partial charge in [0.05, 0.1) is 16.3 Å². The van der Waals surface area contributed by atoms with Crippen LogP contribution in [-0.2, 0) is 4.79 Å². The van der Waals surface area contributed by atoms with Crippen molar-refractivity contribution < 1.29 is 9.72 Å². The first-order chi connectivity index (χ1) is 10.1. The Hall–Kier alpha value is -2.60. The van der Waals surface area contributed by atoms with Crippen LogP contribution >= 0.6 is 11.6 Å². The molecule has 1 heterocycles. The molecular formula is C14H10ClN3O3. The Morgan fingerprint density at radius 2 is 1.86 bits per heavy atom. The molecule has 0 spiro atoms. The summed E-state index contributed by atoms with van der Waals surface area (Å²) < 4.78 is 0. The van der Waals surface area contributed by atoms with Crippen molar-refractivity contribution in [3.8, 4) is 0 Å². The number of nitro benzene ring substituents is 1. The van der Waals surface area contributed by atoms with E-state index in [4.69, 9.17) is 11.6 Å². The first kappa shape index (κ1) is 13.4. The molecule has 0 saturated heterocycles. The summed E-state index contributed by atoms with van der Waals surface area (Å²) in [7, 11) is 0. The van der Waals surface area contributed by atoms with Crippen molar-refractivity contribution in [2.24, 2.45) is 0 Å². The van der Waals surface area contributed by atoms with Crippen molar-refractivity contribution in [2.45, 2.75) is 0 Å². The van der Waals surface area contributed by atoms with Gasteiger partial charge in [-0.2, -0.15) is 0 Å². The quantitative estimate of drug-likeness (QED) is 0.682. The Bertz CT molecular complexity index is 748. The molecule has 6 nitrogen and oxygen atoms in total. The van der Waals surface area contributed by atoms with Crippen molar-refractivity contribution >= 4 is 40.3 Å². The lowest BCUT2D eigenvalue weighted by Crippen LogP contribution is -2.35. The maximum atomic E-state index is 11.8. The fourth-order valence-electron chi connectivity index (χ4n) is 2.35. The van der Waals surface area contributed by atoms with Crippen LogP contribution in [0.15, 0.2) is 42.5 Å². The summed E-state index contributed by atoms with van der Waals surface area (Å²) in [4.78, 5) is 24.2. The van der Waals surface area contributed by atoms with E-state index in [1.165, 1.54) is 6.07 Å². The number of rotatable bonds is 2. The van der Waals surface area contributed by atoms with E-state index in [-0.39, 0.29) is 23.2 Å². The fraction of sp³-hybridized carbons (Fsp3) is 0.0714. The highest BCUT2D eigenvalue weighted by Crippen LogP contribution is 2.41. The smallest absolute Gasteiger partial charge is 0.311 e. The molecular weight excluding hydrogens is 294 g/mol. The normalized spacial score (nSPS) is 13.6. The van der Waals surface area contributed by atoms with E-state index in [1.807, 2.05) is 0 Å². The minimum absolute atomic E-state index is 0.00179. The minimum Gasteiger partial charge on any atom is -0.325 e. The van der Waals surface area contributed by atoms with Gasteiger partial charge in [0.15, 0.2) is 0 Å². The van der Waals surface area contributed by atoms with Crippen LogP contribution < -0.4 is 10.2 Å². The first-order valence-corrected chi connectivity index (χ1v) is 6.55. The molecule has 2 aromatic rings. The molecule has 0 bridgehead atoms. The molecule has 0 aromatic heterocycles. The van der Waals surface area contributed by atoms with Crippen molar-refractivity contribution in [3.63, 3.8) is 0 Å². The fourth-order valence-corrected chi connectivity index (χ4v) is 2.59. The molecule has 0 radical (unpaired) electrons. The lowest BCUT2D eigenvalue weighted by atomic mass is 10.1. The Kier molecular flexibility index (Phi) is 3.23. The van der Waals surface area contributed by atoms with Crippen molar-refractivity contribution in [1.82, 2.24) is 0 Å². The Morgan fingerprint density at radius 3 is 2.62 bits per heavy atom. The molecule has 7 heteroatoms. The molecule has 0 unspecified atom stereocenters. The second kappa shape index (κ2) is 5.06. The molecule has 106 valence electrons. The van der Waals surface area contributed by atoms with Gasteiger partial charge in [-0.15, -0.1) is 0 Å². The molecule has 3 rings (SSSR count). The highest BCUT2D eigenvalue weighted by Gasteiger charge is 2.29. The van der Waals surface area contributed by atoms with Gasteiger partial charge < -0.3 is 10.2 Å².